The van der Waals surface area contributed by atoms with Gasteiger partial charge in [0.2, 0.25) is 5.91 Å². The third-order valence-corrected chi connectivity index (χ3v) is 13.4. The Morgan fingerprint density at radius 1 is 0.494 bits per heavy atom. The van der Waals surface area contributed by atoms with Crippen molar-refractivity contribution in [3.05, 3.63) is 158 Å². The number of carbonyl (C=O) groups excluding carboxylic acids is 2. The highest BCUT2D eigenvalue weighted by atomic mass is 16.7. The maximum absolute atomic E-state index is 13.4. The van der Waals surface area contributed by atoms with Crippen LogP contribution in [0.25, 0.3) is 0 Å². The first-order chi connectivity index (χ1) is 39.7. The van der Waals surface area contributed by atoms with Crippen LogP contribution in [0.4, 0.5) is 0 Å². The van der Waals surface area contributed by atoms with Gasteiger partial charge in [-0.15, -0.1) is 0 Å². The second-order valence-corrected chi connectivity index (χ2v) is 20.7. The zero-order valence-electron chi connectivity index (χ0n) is 50.3. The predicted octanol–water partition coefficient (Wildman–Crippen LogP) is 15.2. The minimum atomic E-state index is -1.66. The number of allylic oxidation sites excluding steroid dienone is 24. The van der Waals surface area contributed by atoms with Crippen LogP contribution < -0.4 is 5.32 Å². The number of amides is 1. The van der Waals surface area contributed by atoms with Gasteiger partial charge in [-0.2, -0.15) is 0 Å². The first-order valence-corrected chi connectivity index (χ1v) is 31.3. The smallest absolute Gasteiger partial charge is 0.306 e. The van der Waals surface area contributed by atoms with Crippen LogP contribution in [0.3, 0.4) is 0 Å². The molecule has 0 saturated carbocycles. The Bertz CT molecular complexity index is 1920. The predicted molar refractivity (Wildman–Crippen MR) is 337 cm³/mol. The summed E-state index contributed by atoms with van der Waals surface area (Å²) in [5, 5.41) is 56.9. The quantitative estimate of drug-likeness (QED) is 0.0195. The van der Waals surface area contributed by atoms with Gasteiger partial charge in [0.05, 0.1) is 25.4 Å². The number of aliphatic hydroxyl groups is 5. The third kappa shape index (κ3) is 43.6. The van der Waals surface area contributed by atoms with E-state index in [0.29, 0.717) is 12.8 Å². The molecule has 6 N–H and O–H groups in total. The lowest BCUT2D eigenvalue weighted by Crippen LogP contribution is -2.61. The van der Waals surface area contributed by atoms with E-state index in [9.17, 15) is 35.1 Å². The number of hydrogen-bond donors (Lipinski definition) is 6. The summed E-state index contributed by atoms with van der Waals surface area (Å²) in [5.41, 5.74) is 0. The van der Waals surface area contributed by atoms with E-state index < -0.39 is 67.4 Å². The fraction of sp³-hybridized carbons (Fsp3) is 0.600. The largest absolute Gasteiger partial charge is 0.454 e. The van der Waals surface area contributed by atoms with Crippen molar-refractivity contribution < 1.29 is 49.3 Å². The molecule has 81 heavy (non-hydrogen) atoms. The molecule has 1 saturated heterocycles. The van der Waals surface area contributed by atoms with E-state index in [0.717, 1.165) is 109 Å². The minimum Gasteiger partial charge on any atom is -0.454 e. The van der Waals surface area contributed by atoms with Crippen molar-refractivity contribution in [1.82, 2.24) is 5.32 Å². The number of nitrogens with one attached hydrogen (secondary N) is 1. The lowest BCUT2D eigenvalue weighted by Gasteiger charge is -2.41. The average molecular weight is 1130 g/mol. The third-order valence-electron chi connectivity index (χ3n) is 13.4. The number of carbonyl (C=O) groups is 2. The molecule has 11 nitrogen and oxygen atoms in total. The molecule has 0 aliphatic carbocycles. The average Bonchev–Trinajstić information content (AvgIpc) is 3.53. The zero-order valence-corrected chi connectivity index (χ0v) is 50.3. The first kappa shape index (κ1) is 74.3. The van der Waals surface area contributed by atoms with Crippen LogP contribution in [-0.2, 0) is 23.8 Å². The molecule has 8 unspecified atom stereocenters. The van der Waals surface area contributed by atoms with Crippen LogP contribution in [0.2, 0.25) is 0 Å². The van der Waals surface area contributed by atoms with Crippen LogP contribution in [0, 0.1) is 0 Å². The summed E-state index contributed by atoms with van der Waals surface area (Å²) in [6, 6.07) is -1.09. The molecule has 1 heterocycles. The molecule has 0 radical (unpaired) electrons. The number of aliphatic hydroxyl groups excluding tert-OH is 5. The van der Waals surface area contributed by atoms with Gasteiger partial charge in [0.15, 0.2) is 12.4 Å². The van der Waals surface area contributed by atoms with Gasteiger partial charge in [0.1, 0.15) is 24.4 Å². The molecule has 0 spiro atoms. The highest BCUT2D eigenvalue weighted by Crippen LogP contribution is 2.26. The minimum absolute atomic E-state index is 0.0440. The van der Waals surface area contributed by atoms with Crippen molar-refractivity contribution in [2.75, 3.05) is 13.2 Å². The van der Waals surface area contributed by atoms with Gasteiger partial charge < -0.3 is 45.1 Å². The van der Waals surface area contributed by atoms with Gasteiger partial charge in [-0.25, -0.2) is 0 Å². The van der Waals surface area contributed by atoms with Gasteiger partial charge in [-0.3, -0.25) is 9.59 Å². The molecule has 11 heteroatoms. The van der Waals surface area contributed by atoms with E-state index in [1.807, 2.05) is 18.2 Å². The van der Waals surface area contributed by atoms with Crippen LogP contribution in [0.1, 0.15) is 207 Å². The first-order valence-electron chi connectivity index (χ1n) is 31.3. The Balaban J connectivity index is 2.78. The zero-order chi connectivity index (χ0) is 58.9. The summed E-state index contributed by atoms with van der Waals surface area (Å²) < 4.78 is 17.5. The van der Waals surface area contributed by atoms with Gasteiger partial charge in [-0.05, 0) is 109 Å². The van der Waals surface area contributed by atoms with E-state index in [2.05, 4.69) is 154 Å². The van der Waals surface area contributed by atoms with Crippen molar-refractivity contribution in [3.8, 4) is 0 Å². The fourth-order valence-corrected chi connectivity index (χ4v) is 8.55. The summed E-state index contributed by atoms with van der Waals surface area (Å²) in [7, 11) is 0. The summed E-state index contributed by atoms with van der Waals surface area (Å²) in [6.07, 6.45) is 71.5. The number of esters is 1. The Morgan fingerprint density at radius 2 is 0.889 bits per heavy atom. The van der Waals surface area contributed by atoms with Gasteiger partial charge in [-0.1, -0.05) is 243 Å². The van der Waals surface area contributed by atoms with Crippen molar-refractivity contribution in [3.63, 3.8) is 0 Å². The highest BCUT2D eigenvalue weighted by Gasteiger charge is 2.47. The van der Waals surface area contributed by atoms with Crippen LogP contribution in [0.5, 0.6) is 0 Å². The Labute approximate surface area is 491 Å². The Morgan fingerprint density at radius 3 is 1.33 bits per heavy atom. The molecule has 456 valence electrons. The topological polar surface area (TPSA) is 175 Å². The van der Waals surface area contributed by atoms with E-state index in [1.54, 1.807) is 12.2 Å². The second kappa shape index (κ2) is 55.8. The number of unbranched alkanes of at least 4 members (excludes halogenated alkanes) is 13. The fourth-order valence-electron chi connectivity index (χ4n) is 8.55. The molecular weight excluding hydrogens is 1010 g/mol. The highest BCUT2D eigenvalue weighted by molar-refractivity contribution is 5.81. The number of hydrogen-bond acceptors (Lipinski definition) is 10. The van der Waals surface area contributed by atoms with Gasteiger partial charge in [0.25, 0.3) is 0 Å². The standard InChI is InChI=1S/C70H111NO10/c1-4-7-10-13-16-19-22-25-27-29-31-32-33-35-37-40-43-46-49-52-55-58-65(75)81-68-67(77)66(76)64(59-72)80-70(68)79-60-61(62(73)56-53-50-47-44-41-38-24-21-18-15-12-9-6-3)71-69(78)63(74)57-54-51-48-45-42-39-36-34-30-28-26-23-20-17-14-11-8-5-2/h7-8,10-11,16-17,19-20,25-28,31-32,34-37,42-43,45-46,51,53-54,56,61-64,66-68,70,72-74,76-77H,4-6,9,12-15,18,21-24,29-30,33,38-41,44,47-50,52,55,57-60H2,1-3H3,(H,71,78)/b10-7-,11-8-,19-16-,20-17-,27-25-,28-26-,32-31-,36-34-,37-35-,45-42-,46-43-,54-51-,56-53+. The molecule has 0 aromatic carbocycles. The lowest BCUT2D eigenvalue weighted by atomic mass is 9.99. The molecule has 0 bridgehead atoms. The lowest BCUT2D eigenvalue weighted by molar-refractivity contribution is -0.305. The maximum Gasteiger partial charge on any atom is 0.306 e. The SMILES string of the molecule is CC/C=C\C/C=C\C/C=C\C/C=C\C/C=C\C/C=C\CCCCC(=O)OC1C(OCC(NC(=O)C(O)C/C=C\C/C=C\C/C=C\C/C=C\C/C=C\C/C=C\CC)C(O)/C=C/CCCCCCCCCCCCC)OC(CO)C(O)C1O. The number of ether oxygens (including phenoxy) is 3. The Kier molecular flexibility index (Phi) is 51.2. The second-order valence-electron chi connectivity index (χ2n) is 20.7. The van der Waals surface area contributed by atoms with E-state index in [1.165, 1.54) is 51.4 Å². The van der Waals surface area contributed by atoms with Crippen molar-refractivity contribution in [2.24, 2.45) is 0 Å². The molecule has 1 aliphatic heterocycles. The monoisotopic (exact) mass is 1130 g/mol. The summed E-state index contributed by atoms with van der Waals surface area (Å²) >= 11 is 0. The molecule has 1 rings (SSSR count). The van der Waals surface area contributed by atoms with E-state index in [4.69, 9.17) is 14.2 Å². The molecule has 1 amide bonds. The van der Waals surface area contributed by atoms with Crippen molar-refractivity contribution in [1.29, 1.82) is 0 Å². The van der Waals surface area contributed by atoms with Crippen LogP contribution >= 0.6 is 0 Å². The molecular formula is C70H111NO10. The molecule has 8 atom stereocenters. The molecule has 1 aliphatic rings. The van der Waals surface area contributed by atoms with Gasteiger partial charge >= 0.3 is 5.97 Å². The van der Waals surface area contributed by atoms with E-state index in [-0.39, 0.29) is 19.4 Å². The molecule has 1 fully saturated rings. The molecule has 0 aromatic heterocycles. The summed E-state index contributed by atoms with van der Waals surface area (Å²) in [6.45, 7) is 5.47. The Hall–Kier alpha value is -4.72. The summed E-state index contributed by atoms with van der Waals surface area (Å²) in [5.74, 6) is -1.34. The van der Waals surface area contributed by atoms with E-state index >= 15 is 0 Å². The van der Waals surface area contributed by atoms with Gasteiger partial charge in [0, 0.05) is 12.8 Å². The van der Waals surface area contributed by atoms with Crippen molar-refractivity contribution >= 4 is 11.9 Å². The molecule has 0 aromatic rings. The maximum atomic E-state index is 13.4. The normalized spacial score (nSPS) is 19.8. The van der Waals surface area contributed by atoms with Crippen molar-refractivity contribution in [2.45, 2.75) is 256 Å². The van der Waals surface area contributed by atoms with Crippen LogP contribution in [0.15, 0.2) is 158 Å². The van der Waals surface area contributed by atoms with Crippen LogP contribution in [-0.4, -0.2) is 99.6 Å². The summed E-state index contributed by atoms with van der Waals surface area (Å²) in [4.78, 5) is 26.5. The number of rotatable bonds is 50.